The van der Waals surface area contributed by atoms with Gasteiger partial charge in [-0.15, -0.1) is 0 Å². The van der Waals surface area contributed by atoms with Gasteiger partial charge in [0, 0.05) is 0 Å². The van der Waals surface area contributed by atoms with E-state index in [0.29, 0.717) is 0 Å². The third-order valence-electron chi connectivity index (χ3n) is 1.76. The number of benzene rings is 1. The van der Waals surface area contributed by atoms with E-state index >= 15 is 0 Å². The number of hydrogen-bond acceptors (Lipinski definition) is 2. The molecule has 14 heavy (non-hydrogen) atoms. The van der Waals surface area contributed by atoms with Crippen molar-refractivity contribution in [2.24, 2.45) is 5.16 Å². The van der Waals surface area contributed by atoms with Crippen LogP contribution in [0.1, 0.15) is 31.9 Å². The lowest BCUT2D eigenvalue weighted by atomic mass is 10.1. The average Bonchev–Trinajstić information content (AvgIpc) is 2.14. The molecule has 0 atom stereocenters. The van der Waals surface area contributed by atoms with Gasteiger partial charge in [0.2, 0.25) is 0 Å². The molecule has 0 N–H and O–H groups in total. The molecule has 1 aromatic rings. The van der Waals surface area contributed by atoms with Gasteiger partial charge in [-0.25, -0.2) is 0 Å². The van der Waals surface area contributed by atoms with E-state index < -0.39 is 0 Å². The van der Waals surface area contributed by atoms with Gasteiger partial charge in [0.15, 0.2) is 0 Å². The van der Waals surface area contributed by atoms with E-state index in [1.165, 1.54) is 0 Å². The molecule has 0 aliphatic heterocycles. The molecule has 1 radical (unpaired) electrons. The molecule has 2 heteroatoms. The van der Waals surface area contributed by atoms with Gasteiger partial charge in [-0.1, -0.05) is 17.3 Å². The molecule has 0 heterocycles. The Hall–Kier alpha value is -1.31. The first-order valence-electron chi connectivity index (χ1n) is 4.78. The highest BCUT2D eigenvalue weighted by molar-refractivity contribution is 5.98. The summed E-state index contributed by atoms with van der Waals surface area (Å²) in [6, 6.07) is 9.02. The van der Waals surface area contributed by atoms with Crippen LogP contribution in [-0.2, 0) is 4.84 Å². The third kappa shape index (κ3) is 3.21. The van der Waals surface area contributed by atoms with Gasteiger partial charge >= 0.3 is 0 Å². The van der Waals surface area contributed by atoms with Crippen LogP contribution in [0.5, 0.6) is 0 Å². The van der Waals surface area contributed by atoms with Gasteiger partial charge in [-0.2, -0.15) is 0 Å². The molecule has 0 unspecified atom stereocenters. The van der Waals surface area contributed by atoms with Gasteiger partial charge in [0.1, 0.15) is 6.10 Å². The average molecular weight is 190 g/mol. The summed E-state index contributed by atoms with van der Waals surface area (Å²) in [4.78, 5) is 5.18. The first-order valence-corrected chi connectivity index (χ1v) is 4.78. The first-order chi connectivity index (χ1) is 6.59. The highest BCUT2D eigenvalue weighted by atomic mass is 16.6. The predicted octanol–water partition coefficient (Wildman–Crippen LogP) is 2.94. The van der Waals surface area contributed by atoms with Crippen molar-refractivity contribution in [1.82, 2.24) is 0 Å². The minimum absolute atomic E-state index is 0.126. The van der Waals surface area contributed by atoms with Crippen molar-refractivity contribution in [3.05, 3.63) is 35.4 Å². The summed E-state index contributed by atoms with van der Waals surface area (Å²) >= 11 is 0. The maximum Gasteiger partial charge on any atom is 0.122 e. The van der Waals surface area contributed by atoms with Crippen molar-refractivity contribution in [3.63, 3.8) is 0 Å². The smallest absolute Gasteiger partial charge is 0.122 e. The van der Waals surface area contributed by atoms with Crippen LogP contribution in [0, 0.1) is 13.0 Å². The Morgan fingerprint density at radius 2 is 2.21 bits per heavy atom. The molecule has 0 amide bonds. The summed E-state index contributed by atoms with van der Waals surface area (Å²) in [6.07, 6.45) is 0.126. The Labute approximate surface area is 85.6 Å². The van der Waals surface area contributed by atoms with Crippen LogP contribution in [0.3, 0.4) is 0 Å². The zero-order valence-corrected chi connectivity index (χ0v) is 9.16. The fourth-order valence-corrected chi connectivity index (χ4v) is 1.05. The normalized spacial score (nSPS) is 11.9. The van der Waals surface area contributed by atoms with E-state index in [0.717, 1.165) is 16.8 Å². The SMILES string of the molecule is CC(=NOC(C)C)c1cc[c]c(C)c1. The van der Waals surface area contributed by atoms with Crippen LogP contribution in [0.15, 0.2) is 23.4 Å². The monoisotopic (exact) mass is 190 g/mol. The standard InChI is InChI=1S/C12H16NO/c1-9(2)14-13-11(4)12-7-5-6-10(3)8-12/h5,7-9H,1-4H3. The molecule has 0 bridgehead atoms. The van der Waals surface area contributed by atoms with Crippen LogP contribution >= 0.6 is 0 Å². The molecule has 0 spiro atoms. The summed E-state index contributed by atoms with van der Waals surface area (Å²) in [5.74, 6) is 0. The van der Waals surface area contributed by atoms with Gasteiger partial charge in [-0.05, 0) is 51.0 Å². The topological polar surface area (TPSA) is 21.6 Å². The molecule has 0 aliphatic carbocycles. The molecule has 0 aliphatic rings. The zero-order chi connectivity index (χ0) is 10.6. The lowest BCUT2D eigenvalue weighted by Crippen LogP contribution is -2.01. The summed E-state index contributed by atoms with van der Waals surface area (Å²) in [5.41, 5.74) is 3.10. The summed E-state index contributed by atoms with van der Waals surface area (Å²) in [6.45, 7) is 7.87. The van der Waals surface area contributed by atoms with E-state index in [-0.39, 0.29) is 6.10 Å². The van der Waals surface area contributed by atoms with Crippen molar-refractivity contribution in [2.75, 3.05) is 0 Å². The zero-order valence-electron chi connectivity index (χ0n) is 9.16. The van der Waals surface area contributed by atoms with Crippen LogP contribution in [0.4, 0.5) is 0 Å². The molecule has 0 aromatic heterocycles. The van der Waals surface area contributed by atoms with Crippen molar-refractivity contribution in [3.8, 4) is 0 Å². The van der Waals surface area contributed by atoms with Gasteiger partial charge in [-0.3, -0.25) is 0 Å². The Morgan fingerprint density at radius 3 is 2.79 bits per heavy atom. The van der Waals surface area contributed by atoms with Crippen molar-refractivity contribution in [1.29, 1.82) is 0 Å². The summed E-state index contributed by atoms with van der Waals surface area (Å²) < 4.78 is 0. The molecule has 0 fully saturated rings. The lowest BCUT2D eigenvalue weighted by molar-refractivity contribution is 0.0860. The van der Waals surface area contributed by atoms with Crippen molar-refractivity contribution >= 4 is 5.71 Å². The van der Waals surface area contributed by atoms with Crippen LogP contribution in [-0.4, -0.2) is 11.8 Å². The molecular formula is C12H16NO. The second-order valence-electron chi connectivity index (χ2n) is 3.59. The quantitative estimate of drug-likeness (QED) is 0.530. The maximum absolute atomic E-state index is 5.18. The molecule has 0 saturated carbocycles. The van der Waals surface area contributed by atoms with Crippen molar-refractivity contribution in [2.45, 2.75) is 33.8 Å². The molecule has 1 aromatic carbocycles. The molecule has 2 nitrogen and oxygen atoms in total. The lowest BCUT2D eigenvalue weighted by Gasteiger charge is -2.05. The fraction of sp³-hybridized carbons (Fsp3) is 0.417. The van der Waals surface area contributed by atoms with Crippen LogP contribution < -0.4 is 0 Å². The third-order valence-corrected chi connectivity index (χ3v) is 1.76. The Morgan fingerprint density at radius 1 is 1.50 bits per heavy atom. The first kappa shape index (κ1) is 10.8. The number of rotatable bonds is 3. The molecule has 75 valence electrons. The largest absolute Gasteiger partial charge is 0.393 e. The van der Waals surface area contributed by atoms with E-state index in [1.54, 1.807) is 0 Å². The predicted molar refractivity (Wildman–Crippen MR) is 58.4 cm³/mol. The van der Waals surface area contributed by atoms with E-state index in [9.17, 15) is 0 Å². The van der Waals surface area contributed by atoms with Crippen LogP contribution in [0.2, 0.25) is 0 Å². The number of aryl methyl sites for hydroxylation is 1. The summed E-state index contributed by atoms with van der Waals surface area (Å²) in [5, 5.41) is 4.04. The number of nitrogens with zero attached hydrogens (tertiary/aromatic N) is 1. The molecular weight excluding hydrogens is 174 g/mol. The maximum atomic E-state index is 5.18. The highest BCUT2D eigenvalue weighted by Crippen LogP contribution is 2.05. The van der Waals surface area contributed by atoms with Gasteiger partial charge in [0.25, 0.3) is 0 Å². The number of hydrogen-bond donors (Lipinski definition) is 0. The molecule has 1 rings (SSSR count). The number of oxime groups is 1. The minimum atomic E-state index is 0.126. The van der Waals surface area contributed by atoms with E-state index in [4.69, 9.17) is 4.84 Å². The Kier molecular flexibility index (Phi) is 3.69. The van der Waals surface area contributed by atoms with E-state index in [1.807, 2.05) is 45.9 Å². The second-order valence-corrected chi connectivity index (χ2v) is 3.59. The van der Waals surface area contributed by atoms with E-state index in [2.05, 4.69) is 11.2 Å². The van der Waals surface area contributed by atoms with Crippen molar-refractivity contribution < 1.29 is 4.84 Å². The highest BCUT2D eigenvalue weighted by Gasteiger charge is 1.98. The minimum Gasteiger partial charge on any atom is -0.393 e. The van der Waals surface area contributed by atoms with Gasteiger partial charge in [0.05, 0.1) is 5.71 Å². The fourth-order valence-electron chi connectivity index (χ4n) is 1.05. The summed E-state index contributed by atoms with van der Waals surface area (Å²) in [7, 11) is 0. The Bertz CT molecular complexity index is 329. The second kappa shape index (κ2) is 4.80. The van der Waals surface area contributed by atoms with Gasteiger partial charge < -0.3 is 4.84 Å². The van der Waals surface area contributed by atoms with Crippen LogP contribution in [0.25, 0.3) is 0 Å². The molecule has 0 saturated heterocycles. The Balaban J connectivity index is 2.78.